The molecule has 2 aromatic heterocycles. The van der Waals surface area contributed by atoms with Crippen LogP contribution in [0.25, 0.3) is 33.9 Å². The van der Waals surface area contributed by atoms with E-state index in [1.807, 2.05) is 48.0 Å². The number of fused-ring (bicyclic) bond motifs is 1. The maximum absolute atomic E-state index is 5.51. The van der Waals surface area contributed by atoms with Gasteiger partial charge in [0.2, 0.25) is 5.82 Å². The number of hydrogen-bond donors (Lipinski definition) is 0. The summed E-state index contributed by atoms with van der Waals surface area (Å²) in [5.41, 5.74) is 4.61. The van der Waals surface area contributed by atoms with Gasteiger partial charge in [-0.3, -0.25) is 0 Å². The summed E-state index contributed by atoms with van der Waals surface area (Å²) in [5.74, 6) is 1.64. The monoisotopic (exact) mass is 377 g/mol. The van der Waals surface area contributed by atoms with Gasteiger partial charge in [-0.15, -0.1) is 5.10 Å². The summed E-state index contributed by atoms with van der Waals surface area (Å²) in [6.45, 7) is 9.33. The summed E-state index contributed by atoms with van der Waals surface area (Å²) in [5, 5.41) is 12.7. The second kappa shape index (κ2) is 6.74. The molecule has 0 aliphatic carbocycles. The Morgan fingerprint density at radius 2 is 1.93 bits per heavy atom. The molecule has 0 atom stereocenters. The van der Waals surface area contributed by atoms with E-state index >= 15 is 0 Å². The molecule has 0 saturated carbocycles. The fraction of sp³-hybridized carbons (Fsp3) is 0.333. The van der Waals surface area contributed by atoms with Crippen molar-refractivity contribution in [2.24, 2.45) is 5.41 Å². The second-order valence-corrected chi connectivity index (χ2v) is 8.14. The van der Waals surface area contributed by atoms with Crippen LogP contribution in [0.1, 0.15) is 26.3 Å². The Balaban J connectivity index is 1.69. The minimum atomic E-state index is 0.119. The molecule has 0 bridgehead atoms. The minimum absolute atomic E-state index is 0.119. The molecule has 7 nitrogen and oxygen atoms in total. The molecule has 7 heteroatoms. The predicted octanol–water partition coefficient (Wildman–Crippen LogP) is 4.51. The lowest BCUT2D eigenvalue weighted by Crippen LogP contribution is -2.16. The zero-order valence-electron chi connectivity index (χ0n) is 16.7. The van der Waals surface area contributed by atoms with Gasteiger partial charge in [0.15, 0.2) is 0 Å². The molecule has 0 radical (unpaired) electrons. The van der Waals surface area contributed by atoms with Crippen LogP contribution in [0.15, 0.2) is 40.9 Å². The molecule has 28 heavy (non-hydrogen) atoms. The largest absolute Gasteiger partial charge is 0.496 e. The van der Waals surface area contributed by atoms with Crippen LogP contribution >= 0.6 is 0 Å². The number of methoxy groups -OCH3 is 1. The van der Waals surface area contributed by atoms with E-state index in [2.05, 4.69) is 41.2 Å². The summed E-state index contributed by atoms with van der Waals surface area (Å²) in [6, 6.07) is 11.7. The average molecular weight is 377 g/mol. The van der Waals surface area contributed by atoms with Crippen LogP contribution in [-0.4, -0.2) is 32.2 Å². The Morgan fingerprint density at radius 1 is 1.11 bits per heavy atom. The van der Waals surface area contributed by atoms with Gasteiger partial charge in [-0.2, -0.15) is 4.98 Å². The molecular weight excluding hydrogens is 354 g/mol. The van der Waals surface area contributed by atoms with Gasteiger partial charge in [0.05, 0.1) is 18.2 Å². The van der Waals surface area contributed by atoms with E-state index in [0.717, 1.165) is 34.3 Å². The van der Waals surface area contributed by atoms with E-state index in [1.165, 1.54) is 0 Å². The maximum Gasteiger partial charge on any atom is 0.258 e. The van der Waals surface area contributed by atoms with Crippen molar-refractivity contribution in [1.29, 1.82) is 0 Å². The van der Waals surface area contributed by atoms with Crippen molar-refractivity contribution in [3.05, 3.63) is 42.0 Å². The summed E-state index contributed by atoms with van der Waals surface area (Å²) in [6.07, 6.45) is 0. The molecule has 2 heterocycles. The van der Waals surface area contributed by atoms with E-state index in [1.54, 1.807) is 7.11 Å². The Hall–Kier alpha value is -3.22. The normalized spacial score (nSPS) is 11.9. The Labute approximate surface area is 163 Å². The van der Waals surface area contributed by atoms with Crippen LogP contribution in [-0.2, 0) is 6.54 Å². The van der Waals surface area contributed by atoms with Gasteiger partial charge < -0.3 is 9.26 Å². The molecular formula is C21H23N5O2. The molecule has 0 aliphatic heterocycles. The summed E-state index contributed by atoms with van der Waals surface area (Å²) in [7, 11) is 1.63. The molecule has 4 aromatic rings. The number of ether oxygens (including phenoxy) is 1. The third-order valence-corrected chi connectivity index (χ3v) is 4.41. The quantitative estimate of drug-likeness (QED) is 0.520. The van der Waals surface area contributed by atoms with Gasteiger partial charge in [-0.05, 0) is 42.7 Å². The third kappa shape index (κ3) is 3.47. The average Bonchev–Trinajstić information content (AvgIpc) is 3.28. The Morgan fingerprint density at radius 3 is 2.68 bits per heavy atom. The summed E-state index contributed by atoms with van der Waals surface area (Å²) < 4.78 is 12.9. The lowest BCUT2D eigenvalue weighted by molar-refractivity contribution is 0.327. The highest BCUT2D eigenvalue weighted by Gasteiger charge is 2.18. The number of rotatable bonds is 4. The predicted molar refractivity (Wildman–Crippen MR) is 107 cm³/mol. The molecule has 0 saturated heterocycles. The number of benzene rings is 2. The maximum atomic E-state index is 5.51. The minimum Gasteiger partial charge on any atom is -0.496 e. The van der Waals surface area contributed by atoms with E-state index in [9.17, 15) is 0 Å². The zero-order chi connectivity index (χ0) is 19.9. The van der Waals surface area contributed by atoms with Crippen LogP contribution in [0.5, 0.6) is 5.75 Å². The molecule has 0 fully saturated rings. The van der Waals surface area contributed by atoms with Crippen molar-refractivity contribution < 1.29 is 9.26 Å². The molecule has 4 rings (SSSR count). The van der Waals surface area contributed by atoms with Crippen molar-refractivity contribution in [2.75, 3.05) is 7.11 Å². The summed E-state index contributed by atoms with van der Waals surface area (Å²) >= 11 is 0. The molecule has 0 amide bonds. The van der Waals surface area contributed by atoms with Crippen molar-refractivity contribution in [2.45, 2.75) is 34.2 Å². The van der Waals surface area contributed by atoms with Crippen LogP contribution in [0, 0.1) is 12.3 Å². The first-order chi connectivity index (χ1) is 13.3. The van der Waals surface area contributed by atoms with Gasteiger partial charge in [-0.25, -0.2) is 4.68 Å². The molecule has 0 N–H and O–H groups in total. The van der Waals surface area contributed by atoms with Gasteiger partial charge in [0.1, 0.15) is 11.3 Å². The summed E-state index contributed by atoms with van der Waals surface area (Å²) in [4.78, 5) is 4.56. The second-order valence-electron chi connectivity index (χ2n) is 8.14. The van der Waals surface area contributed by atoms with Crippen molar-refractivity contribution in [3.63, 3.8) is 0 Å². The van der Waals surface area contributed by atoms with Crippen LogP contribution in [0.2, 0.25) is 0 Å². The Bertz CT molecular complexity index is 1140. The van der Waals surface area contributed by atoms with Crippen molar-refractivity contribution in [1.82, 2.24) is 25.1 Å². The van der Waals surface area contributed by atoms with Crippen LogP contribution in [0.3, 0.4) is 0 Å². The van der Waals surface area contributed by atoms with Crippen molar-refractivity contribution >= 4 is 11.0 Å². The molecule has 144 valence electrons. The van der Waals surface area contributed by atoms with Gasteiger partial charge >= 0.3 is 0 Å². The zero-order valence-corrected chi connectivity index (χ0v) is 16.7. The van der Waals surface area contributed by atoms with Gasteiger partial charge in [-0.1, -0.05) is 42.8 Å². The standard InChI is InChI=1S/C21H23N5O2/c1-13-6-9-18(27-5)15(10-13)19-22-20(28-24-19)14-7-8-17-16(11-14)23-25-26(17)12-21(2,3)4/h6-11H,12H2,1-5H3. The number of hydrogen-bond acceptors (Lipinski definition) is 6. The van der Waals surface area contributed by atoms with E-state index in [4.69, 9.17) is 9.26 Å². The Kier molecular flexibility index (Phi) is 4.37. The fourth-order valence-corrected chi connectivity index (χ4v) is 3.12. The molecule has 0 unspecified atom stereocenters. The van der Waals surface area contributed by atoms with E-state index in [-0.39, 0.29) is 5.41 Å². The first kappa shape index (κ1) is 18.2. The topological polar surface area (TPSA) is 78.9 Å². The van der Waals surface area contributed by atoms with Crippen LogP contribution in [0.4, 0.5) is 0 Å². The first-order valence-corrected chi connectivity index (χ1v) is 9.16. The smallest absolute Gasteiger partial charge is 0.258 e. The fourth-order valence-electron chi connectivity index (χ4n) is 3.12. The third-order valence-electron chi connectivity index (χ3n) is 4.41. The van der Waals surface area contributed by atoms with Gasteiger partial charge in [0.25, 0.3) is 5.89 Å². The molecule has 2 aromatic carbocycles. The lowest BCUT2D eigenvalue weighted by atomic mass is 9.97. The first-order valence-electron chi connectivity index (χ1n) is 9.16. The van der Waals surface area contributed by atoms with E-state index < -0.39 is 0 Å². The SMILES string of the molecule is COc1ccc(C)cc1-c1noc(-c2ccc3c(c2)nnn3CC(C)(C)C)n1. The number of aryl methyl sites for hydroxylation is 1. The molecule has 0 aliphatic rings. The molecule has 0 spiro atoms. The van der Waals surface area contributed by atoms with Gasteiger partial charge in [0, 0.05) is 12.1 Å². The highest BCUT2D eigenvalue weighted by Crippen LogP contribution is 2.31. The van der Waals surface area contributed by atoms with Crippen LogP contribution < -0.4 is 4.74 Å². The lowest BCUT2D eigenvalue weighted by Gasteiger charge is -2.17. The highest BCUT2D eigenvalue weighted by molar-refractivity contribution is 5.80. The number of aromatic nitrogens is 5. The number of nitrogens with zero attached hydrogens (tertiary/aromatic N) is 5. The van der Waals surface area contributed by atoms with Crippen molar-refractivity contribution in [3.8, 4) is 28.6 Å². The highest BCUT2D eigenvalue weighted by atomic mass is 16.5. The van der Waals surface area contributed by atoms with E-state index in [0.29, 0.717) is 17.5 Å².